The van der Waals surface area contributed by atoms with Gasteiger partial charge < -0.3 is 10.4 Å². The average Bonchev–Trinajstić information content (AvgIpc) is 2.88. The molecule has 0 fully saturated rings. The molecule has 2 N–H and O–H groups in total. The first-order valence-electron chi connectivity index (χ1n) is 5.36. The zero-order valence-electron chi connectivity index (χ0n) is 9.70. The van der Waals surface area contributed by atoms with E-state index in [1.54, 1.807) is 0 Å². The molecule has 0 spiro atoms. The molecule has 6 nitrogen and oxygen atoms in total. The predicted molar refractivity (Wildman–Crippen MR) is 70.3 cm³/mol. The van der Waals surface area contributed by atoms with Crippen LogP contribution in [0.2, 0.25) is 0 Å². The molecular formula is C12H10N2O4S. The smallest absolute Gasteiger partial charge is 0.282 e. The molecule has 1 amide bonds. The second-order valence-electron chi connectivity index (χ2n) is 3.72. The number of amides is 1. The molecule has 0 aliphatic carbocycles. The van der Waals surface area contributed by atoms with E-state index in [-0.39, 0.29) is 17.0 Å². The number of hydrogen-bond donors (Lipinski definition) is 2. The molecule has 0 unspecified atom stereocenters. The maximum atomic E-state index is 11.9. The molecule has 98 valence electrons. The lowest BCUT2D eigenvalue weighted by Gasteiger charge is -2.05. The summed E-state index contributed by atoms with van der Waals surface area (Å²) in [6, 6.07) is 7.07. The molecule has 0 aliphatic heterocycles. The lowest BCUT2D eigenvalue weighted by molar-refractivity contribution is -0.385. The predicted octanol–water partition coefficient (Wildman–Crippen LogP) is 2.29. The second-order valence-corrected chi connectivity index (χ2v) is 4.75. The normalized spacial score (nSPS) is 10.1. The lowest BCUT2D eigenvalue weighted by Crippen LogP contribution is -2.23. The topological polar surface area (TPSA) is 92.5 Å². The van der Waals surface area contributed by atoms with Gasteiger partial charge in [0.2, 0.25) is 0 Å². The van der Waals surface area contributed by atoms with Gasteiger partial charge in [0, 0.05) is 10.9 Å². The van der Waals surface area contributed by atoms with Gasteiger partial charge in [-0.3, -0.25) is 14.9 Å². The fraction of sp³-hybridized carbons (Fsp3) is 0.0833. The van der Waals surface area contributed by atoms with E-state index in [0.29, 0.717) is 6.54 Å². The molecule has 0 atom stereocenters. The minimum absolute atomic E-state index is 0.151. The molecule has 0 aliphatic rings. The summed E-state index contributed by atoms with van der Waals surface area (Å²) in [5.41, 5.74) is -0.483. The summed E-state index contributed by atoms with van der Waals surface area (Å²) in [6.45, 7) is 0.295. The van der Waals surface area contributed by atoms with Gasteiger partial charge in [0.25, 0.3) is 11.6 Å². The van der Waals surface area contributed by atoms with Crippen molar-refractivity contribution in [3.05, 3.63) is 56.3 Å². The van der Waals surface area contributed by atoms with E-state index in [1.165, 1.54) is 17.4 Å². The highest BCUT2D eigenvalue weighted by atomic mass is 32.1. The maximum Gasteiger partial charge on any atom is 0.282 e. The fourth-order valence-electron chi connectivity index (χ4n) is 1.54. The number of carbonyl (C=O) groups excluding carboxylic acids is 1. The number of nitro groups is 1. The summed E-state index contributed by atoms with van der Waals surface area (Å²) in [7, 11) is 0. The molecule has 0 radical (unpaired) electrons. The Morgan fingerprint density at radius 3 is 2.84 bits per heavy atom. The molecule has 0 saturated heterocycles. The Hall–Kier alpha value is -2.41. The zero-order chi connectivity index (χ0) is 13.8. The minimum Gasteiger partial charge on any atom is -0.508 e. The summed E-state index contributed by atoms with van der Waals surface area (Å²) in [5.74, 6) is -0.775. The Balaban J connectivity index is 2.18. The Morgan fingerprint density at radius 1 is 1.42 bits per heavy atom. The van der Waals surface area contributed by atoms with Gasteiger partial charge in [-0.15, -0.1) is 11.3 Å². The van der Waals surface area contributed by atoms with Gasteiger partial charge in [-0.05, 0) is 23.6 Å². The number of rotatable bonds is 4. The Morgan fingerprint density at radius 2 is 2.21 bits per heavy atom. The van der Waals surface area contributed by atoms with E-state index >= 15 is 0 Å². The van der Waals surface area contributed by atoms with Crippen molar-refractivity contribution >= 4 is 22.9 Å². The molecule has 7 heteroatoms. The van der Waals surface area contributed by atoms with Gasteiger partial charge in [0.1, 0.15) is 11.3 Å². The molecule has 19 heavy (non-hydrogen) atoms. The average molecular weight is 278 g/mol. The van der Waals surface area contributed by atoms with E-state index < -0.39 is 10.8 Å². The number of phenols is 1. The van der Waals surface area contributed by atoms with Crippen LogP contribution in [-0.2, 0) is 6.54 Å². The van der Waals surface area contributed by atoms with E-state index in [9.17, 15) is 20.0 Å². The molecule has 1 aromatic heterocycles. The van der Waals surface area contributed by atoms with Crippen LogP contribution in [-0.4, -0.2) is 15.9 Å². The van der Waals surface area contributed by atoms with Gasteiger partial charge >= 0.3 is 0 Å². The lowest BCUT2D eigenvalue weighted by atomic mass is 10.1. The highest BCUT2D eigenvalue weighted by Gasteiger charge is 2.20. The molecule has 0 saturated carbocycles. The second kappa shape index (κ2) is 5.49. The molecule has 0 bridgehead atoms. The highest BCUT2D eigenvalue weighted by Crippen LogP contribution is 2.23. The van der Waals surface area contributed by atoms with Crippen LogP contribution in [0.3, 0.4) is 0 Å². The third-order valence-electron chi connectivity index (χ3n) is 2.42. The first-order valence-corrected chi connectivity index (χ1v) is 6.24. The van der Waals surface area contributed by atoms with Crippen molar-refractivity contribution in [2.45, 2.75) is 6.54 Å². The first-order chi connectivity index (χ1) is 9.08. The SMILES string of the molecule is O=C(NCc1cccs1)c1cc(O)ccc1[N+](=O)[O-]. The van der Waals surface area contributed by atoms with E-state index in [0.717, 1.165) is 17.0 Å². The minimum atomic E-state index is -0.653. The van der Waals surface area contributed by atoms with Crippen molar-refractivity contribution in [2.24, 2.45) is 0 Å². The Kier molecular flexibility index (Phi) is 3.76. The molecule has 1 heterocycles. The number of phenolic OH excluding ortho intramolecular Hbond substituents is 1. The molecule has 2 rings (SSSR count). The van der Waals surface area contributed by atoms with Crippen LogP contribution < -0.4 is 5.32 Å². The van der Waals surface area contributed by atoms with Crippen LogP contribution in [0.1, 0.15) is 15.2 Å². The first kappa shape index (κ1) is 13.0. The number of carbonyl (C=O) groups is 1. The summed E-state index contributed by atoms with van der Waals surface area (Å²) in [6.07, 6.45) is 0. The number of hydrogen-bond acceptors (Lipinski definition) is 5. The van der Waals surface area contributed by atoms with Gasteiger partial charge in [-0.2, -0.15) is 0 Å². The number of aromatic hydroxyl groups is 1. The number of benzene rings is 1. The fourth-order valence-corrected chi connectivity index (χ4v) is 2.19. The van der Waals surface area contributed by atoms with Crippen molar-refractivity contribution in [3.8, 4) is 5.75 Å². The number of thiophene rings is 1. The summed E-state index contributed by atoms with van der Waals surface area (Å²) in [5, 5.41) is 24.6. The third-order valence-corrected chi connectivity index (χ3v) is 3.30. The third kappa shape index (κ3) is 3.08. The van der Waals surface area contributed by atoms with E-state index in [2.05, 4.69) is 5.32 Å². The molecular weight excluding hydrogens is 268 g/mol. The van der Waals surface area contributed by atoms with Crippen molar-refractivity contribution in [2.75, 3.05) is 0 Å². The highest BCUT2D eigenvalue weighted by molar-refractivity contribution is 7.09. The van der Waals surface area contributed by atoms with Crippen molar-refractivity contribution in [1.29, 1.82) is 0 Å². The van der Waals surface area contributed by atoms with Crippen molar-refractivity contribution in [3.63, 3.8) is 0 Å². The zero-order valence-corrected chi connectivity index (χ0v) is 10.5. The standard InChI is InChI=1S/C12H10N2O4S/c15-8-3-4-11(14(17)18)10(6-8)12(16)13-7-9-2-1-5-19-9/h1-6,15H,7H2,(H,13,16). The monoisotopic (exact) mass is 278 g/mol. The van der Waals surface area contributed by atoms with Crippen LogP contribution in [0, 0.1) is 10.1 Å². The van der Waals surface area contributed by atoms with Crippen LogP contribution in [0.4, 0.5) is 5.69 Å². The number of nitro benzene ring substituents is 1. The van der Waals surface area contributed by atoms with Gasteiger partial charge in [-0.25, -0.2) is 0 Å². The van der Waals surface area contributed by atoms with Crippen molar-refractivity contribution < 1.29 is 14.8 Å². The quantitative estimate of drug-likeness (QED) is 0.663. The maximum absolute atomic E-state index is 11.9. The Labute approximate surface area is 112 Å². The van der Waals surface area contributed by atoms with Gasteiger partial charge in [-0.1, -0.05) is 6.07 Å². The summed E-state index contributed by atoms with van der Waals surface area (Å²) >= 11 is 1.48. The summed E-state index contributed by atoms with van der Waals surface area (Å²) in [4.78, 5) is 23.0. The Bertz CT molecular complexity index is 610. The van der Waals surface area contributed by atoms with Crippen LogP contribution in [0.15, 0.2) is 35.7 Å². The summed E-state index contributed by atoms with van der Waals surface area (Å²) < 4.78 is 0. The molecule has 2 aromatic rings. The van der Waals surface area contributed by atoms with Gasteiger partial charge in [0.05, 0.1) is 11.5 Å². The van der Waals surface area contributed by atoms with Crippen LogP contribution in [0.25, 0.3) is 0 Å². The van der Waals surface area contributed by atoms with Crippen LogP contribution in [0.5, 0.6) is 5.75 Å². The number of nitrogens with one attached hydrogen (secondary N) is 1. The molecule has 1 aromatic carbocycles. The van der Waals surface area contributed by atoms with Crippen LogP contribution >= 0.6 is 11.3 Å². The van der Waals surface area contributed by atoms with E-state index in [1.807, 2.05) is 17.5 Å². The van der Waals surface area contributed by atoms with Gasteiger partial charge in [0.15, 0.2) is 0 Å². The largest absolute Gasteiger partial charge is 0.508 e. The van der Waals surface area contributed by atoms with E-state index in [4.69, 9.17) is 0 Å². The van der Waals surface area contributed by atoms with Crippen molar-refractivity contribution in [1.82, 2.24) is 5.32 Å². The number of nitrogens with zero attached hydrogens (tertiary/aromatic N) is 1.